The van der Waals surface area contributed by atoms with Gasteiger partial charge in [-0.1, -0.05) is 72.8 Å². The van der Waals surface area contributed by atoms with E-state index in [-0.39, 0.29) is 0 Å². The highest BCUT2D eigenvalue weighted by Crippen LogP contribution is 2.06. The molecule has 0 saturated heterocycles. The summed E-state index contributed by atoms with van der Waals surface area (Å²) in [6.45, 7) is 0. The van der Waals surface area contributed by atoms with Crippen LogP contribution in [0.25, 0.3) is 12.2 Å². The summed E-state index contributed by atoms with van der Waals surface area (Å²) in [5, 5.41) is 0. The van der Waals surface area contributed by atoms with Crippen molar-refractivity contribution in [1.29, 1.82) is 0 Å². The average molecular weight is 261 g/mol. The Labute approximate surface area is 107 Å². The molecular weight excluding hydrogens is 247 g/mol. The second kappa shape index (κ2) is 8.31. The first-order valence-corrected chi connectivity index (χ1v) is 6.48. The zero-order valence-corrected chi connectivity index (χ0v) is 10.6. The van der Waals surface area contributed by atoms with E-state index in [1.165, 1.54) is 11.1 Å². The lowest BCUT2D eigenvalue weighted by Crippen LogP contribution is -1.70. The maximum Gasteiger partial charge on any atom is 0.692 e. The molecule has 2 N–H and O–H groups in total. The third kappa shape index (κ3) is 6.71. The summed E-state index contributed by atoms with van der Waals surface area (Å²) in [4.78, 5) is 14.2. The predicted molar refractivity (Wildman–Crippen MR) is 73.9 cm³/mol. The van der Waals surface area contributed by atoms with E-state index in [0.717, 1.165) is 0 Å². The summed E-state index contributed by atoms with van der Waals surface area (Å²) >= 11 is 0. The maximum absolute atomic E-state index is 8.70. The number of benzene rings is 2. The third-order valence-electron chi connectivity index (χ3n) is 2.07. The fourth-order valence-corrected chi connectivity index (χ4v) is 1.32. The first-order valence-electron chi connectivity index (χ1n) is 5.31. The molecule has 92 valence electrons. The van der Waals surface area contributed by atoms with Crippen LogP contribution >= 0.6 is 8.25 Å². The number of hydrogen-bond donors (Lipinski definition) is 2. The molecule has 0 heterocycles. The van der Waals surface area contributed by atoms with Crippen molar-refractivity contribution in [3.8, 4) is 0 Å². The summed E-state index contributed by atoms with van der Waals surface area (Å²) in [7, 11) is -2.87. The highest BCUT2D eigenvalue weighted by atomic mass is 31.1. The lowest BCUT2D eigenvalue weighted by atomic mass is 10.1. The van der Waals surface area contributed by atoms with Crippen LogP contribution in [-0.2, 0) is 4.57 Å². The van der Waals surface area contributed by atoms with Crippen LogP contribution in [0, 0.1) is 0 Å². The van der Waals surface area contributed by atoms with Gasteiger partial charge in [-0.05, 0) is 11.1 Å². The second-order valence-electron chi connectivity index (χ2n) is 3.41. The molecule has 0 unspecified atom stereocenters. The highest BCUT2D eigenvalue weighted by Gasteiger charge is 1.93. The molecule has 0 fully saturated rings. The van der Waals surface area contributed by atoms with E-state index < -0.39 is 8.25 Å². The van der Waals surface area contributed by atoms with Crippen LogP contribution in [0.15, 0.2) is 60.7 Å². The first kappa shape index (κ1) is 14.3. The normalized spacial score (nSPS) is 9.67. The van der Waals surface area contributed by atoms with Gasteiger partial charge in [0, 0.05) is 4.57 Å². The van der Waals surface area contributed by atoms with Crippen molar-refractivity contribution in [2.24, 2.45) is 0 Å². The van der Waals surface area contributed by atoms with Gasteiger partial charge in [0.2, 0.25) is 0 Å². The van der Waals surface area contributed by atoms with Crippen LogP contribution in [-0.4, -0.2) is 9.79 Å². The molecule has 0 aliphatic heterocycles. The molecule has 0 aliphatic rings. The van der Waals surface area contributed by atoms with Crippen LogP contribution < -0.4 is 0 Å². The van der Waals surface area contributed by atoms with Crippen LogP contribution in [0.2, 0.25) is 0 Å². The van der Waals surface area contributed by atoms with E-state index in [0.29, 0.717) is 0 Å². The predicted octanol–water partition coefficient (Wildman–Crippen LogP) is 3.49. The Balaban J connectivity index is 0.000000357. The standard InChI is InChI=1S/C14H12.HO3P/c1-3-7-13(8-4-1)11-12-14-9-5-2-6-10-14;1-4(2)3/h1-12H;(H-,1,2,3)/p+1/b12-11+;. The Bertz CT molecular complexity index is 449. The summed E-state index contributed by atoms with van der Waals surface area (Å²) < 4.78 is 8.70. The maximum atomic E-state index is 8.70. The molecule has 2 aromatic rings. The minimum absolute atomic E-state index is 1.23. The molecule has 2 aromatic carbocycles. The van der Waals surface area contributed by atoms with Crippen LogP contribution in [0.1, 0.15) is 11.1 Å². The molecule has 0 atom stereocenters. The summed E-state index contributed by atoms with van der Waals surface area (Å²) in [5.41, 5.74) is 2.47. The topological polar surface area (TPSA) is 57.5 Å². The Kier molecular flexibility index (Phi) is 6.59. The largest absolute Gasteiger partial charge is 0.692 e. The van der Waals surface area contributed by atoms with Gasteiger partial charge in [0.15, 0.2) is 0 Å². The van der Waals surface area contributed by atoms with E-state index >= 15 is 0 Å². The zero-order valence-electron chi connectivity index (χ0n) is 9.68. The smallest absolute Gasteiger partial charge is 0.134 e. The molecule has 0 spiro atoms. The quantitative estimate of drug-likeness (QED) is 0.642. The second-order valence-corrected chi connectivity index (χ2v) is 3.91. The van der Waals surface area contributed by atoms with Gasteiger partial charge in [-0.2, -0.15) is 0 Å². The molecule has 0 amide bonds. The first-order chi connectivity index (χ1) is 8.68. The summed E-state index contributed by atoms with van der Waals surface area (Å²) in [6, 6.07) is 20.6. The molecule has 0 aromatic heterocycles. The van der Waals surface area contributed by atoms with Crippen molar-refractivity contribution in [2.75, 3.05) is 0 Å². The van der Waals surface area contributed by atoms with E-state index in [2.05, 4.69) is 36.4 Å². The monoisotopic (exact) mass is 261 g/mol. The Morgan fingerprint density at radius 3 is 1.28 bits per heavy atom. The van der Waals surface area contributed by atoms with E-state index in [9.17, 15) is 0 Å². The third-order valence-corrected chi connectivity index (χ3v) is 2.07. The zero-order chi connectivity index (χ0) is 13.2. The number of hydrogen-bond acceptors (Lipinski definition) is 1. The summed E-state index contributed by atoms with van der Waals surface area (Å²) in [5.74, 6) is 0. The van der Waals surface area contributed by atoms with Crippen molar-refractivity contribution in [3.63, 3.8) is 0 Å². The van der Waals surface area contributed by atoms with Gasteiger partial charge < -0.3 is 0 Å². The lowest BCUT2D eigenvalue weighted by molar-refractivity contribution is 0.405. The molecule has 0 aliphatic carbocycles. The van der Waals surface area contributed by atoms with Crippen LogP contribution in [0.5, 0.6) is 0 Å². The van der Waals surface area contributed by atoms with Gasteiger partial charge >= 0.3 is 8.25 Å². The molecule has 3 nitrogen and oxygen atoms in total. The molecule has 4 heteroatoms. The minimum Gasteiger partial charge on any atom is -0.134 e. The molecule has 0 saturated carbocycles. The van der Waals surface area contributed by atoms with Crippen molar-refractivity contribution < 1.29 is 14.4 Å². The SMILES string of the molecule is C(=C\c1ccccc1)/c1ccccc1.O=[P+](O)O. The summed E-state index contributed by atoms with van der Waals surface area (Å²) in [6.07, 6.45) is 4.24. The highest BCUT2D eigenvalue weighted by molar-refractivity contribution is 7.30. The molecular formula is C14H14O3P+. The fourth-order valence-electron chi connectivity index (χ4n) is 1.32. The van der Waals surface area contributed by atoms with Crippen LogP contribution in [0.3, 0.4) is 0 Å². The minimum atomic E-state index is -2.87. The van der Waals surface area contributed by atoms with Gasteiger partial charge in [-0.25, -0.2) is 0 Å². The fraction of sp³-hybridized carbons (Fsp3) is 0. The van der Waals surface area contributed by atoms with Crippen LogP contribution in [0.4, 0.5) is 0 Å². The van der Waals surface area contributed by atoms with Crippen molar-refractivity contribution in [1.82, 2.24) is 0 Å². The Morgan fingerprint density at radius 2 is 1.00 bits per heavy atom. The molecule has 0 radical (unpaired) electrons. The number of rotatable bonds is 2. The van der Waals surface area contributed by atoms with Crippen molar-refractivity contribution >= 4 is 20.4 Å². The molecule has 0 bridgehead atoms. The average Bonchev–Trinajstić information content (AvgIpc) is 2.38. The van der Waals surface area contributed by atoms with Gasteiger partial charge in [0.1, 0.15) is 0 Å². The van der Waals surface area contributed by atoms with E-state index in [4.69, 9.17) is 14.4 Å². The Morgan fingerprint density at radius 1 is 0.722 bits per heavy atom. The van der Waals surface area contributed by atoms with Crippen molar-refractivity contribution in [3.05, 3.63) is 71.8 Å². The molecule has 18 heavy (non-hydrogen) atoms. The van der Waals surface area contributed by atoms with Gasteiger partial charge in [0.05, 0.1) is 0 Å². The van der Waals surface area contributed by atoms with E-state index in [1.807, 2.05) is 36.4 Å². The van der Waals surface area contributed by atoms with Crippen molar-refractivity contribution in [2.45, 2.75) is 0 Å². The lowest BCUT2D eigenvalue weighted by Gasteiger charge is -1.92. The Hall–Kier alpha value is -1.80. The molecule has 2 rings (SSSR count). The van der Waals surface area contributed by atoms with Gasteiger partial charge in [-0.3, -0.25) is 0 Å². The van der Waals surface area contributed by atoms with Gasteiger partial charge in [0.25, 0.3) is 0 Å². The van der Waals surface area contributed by atoms with E-state index in [1.54, 1.807) is 0 Å². The van der Waals surface area contributed by atoms with Gasteiger partial charge in [-0.15, -0.1) is 9.79 Å².